The molecule has 1 aromatic carbocycles. The number of aromatic nitrogens is 1. The fourth-order valence-corrected chi connectivity index (χ4v) is 2.61. The second-order valence-corrected chi connectivity index (χ2v) is 6.56. The third kappa shape index (κ3) is 5.34. The maximum absolute atomic E-state index is 13.1. The van der Waals surface area contributed by atoms with E-state index in [-0.39, 0.29) is 16.4 Å². The quantitative estimate of drug-likeness (QED) is 0.206. The minimum absolute atomic E-state index is 0.0542. The summed E-state index contributed by atoms with van der Waals surface area (Å²) in [5.74, 6) is 3.51. The van der Waals surface area contributed by atoms with E-state index in [9.17, 15) is 22.8 Å². The van der Waals surface area contributed by atoms with Crippen molar-refractivity contribution in [2.24, 2.45) is 10.9 Å². The predicted molar refractivity (Wildman–Crippen MR) is 94.0 cm³/mol. The smallest absolute Gasteiger partial charge is 0.294 e. The lowest BCUT2D eigenvalue weighted by Crippen LogP contribution is -2.30. The number of anilines is 1. The first-order valence-corrected chi connectivity index (χ1v) is 8.53. The van der Waals surface area contributed by atoms with E-state index in [1.165, 1.54) is 17.5 Å². The molecule has 1 heterocycles. The Kier molecular flexibility index (Phi) is 6.45. The van der Waals surface area contributed by atoms with Crippen molar-refractivity contribution in [2.45, 2.75) is 12.6 Å². The molecule has 0 fully saturated rings. The third-order valence-corrected chi connectivity index (χ3v) is 4.25. The maximum atomic E-state index is 13.1. The lowest BCUT2D eigenvalue weighted by atomic mass is 10.1. The van der Waals surface area contributed by atoms with Gasteiger partial charge in [-0.3, -0.25) is 20.4 Å². The molecule has 0 aliphatic rings. The molecule has 0 aliphatic heterocycles. The summed E-state index contributed by atoms with van der Waals surface area (Å²) in [6.07, 6.45) is -5.76. The van der Waals surface area contributed by atoms with E-state index in [1.807, 2.05) is 5.43 Å². The summed E-state index contributed by atoms with van der Waals surface area (Å²) in [7, 11) is 0. The molecule has 7 nitrogen and oxygen atoms in total. The highest BCUT2D eigenvalue weighted by atomic mass is 79.9. The largest absolute Gasteiger partial charge is 0.431 e. The van der Waals surface area contributed by atoms with Crippen molar-refractivity contribution in [2.75, 3.05) is 5.43 Å². The van der Waals surface area contributed by atoms with Gasteiger partial charge in [0.2, 0.25) is 5.13 Å². The summed E-state index contributed by atoms with van der Waals surface area (Å²) in [5, 5.41) is 4.48. The van der Waals surface area contributed by atoms with Crippen molar-refractivity contribution < 1.29 is 22.8 Å². The molecule has 2 rings (SSSR count). The van der Waals surface area contributed by atoms with Crippen LogP contribution in [-0.4, -0.2) is 28.6 Å². The van der Waals surface area contributed by atoms with Crippen molar-refractivity contribution in [1.29, 1.82) is 0 Å². The topological polar surface area (TPSA) is 109 Å². The molecule has 0 atom stereocenters. The summed E-state index contributed by atoms with van der Waals surface area (Å²) in [6, 6.07) is 5.92. The zero-order valence-corrected chi connectivity index (χ0v) is 15.2. The van der Waals surface area contributed by atoms with Crippen LogP contribution in [0.2, 0.25) is 0 Å². The zero-order chi connectivity index (χ0) is 19.3. The van der Waals surface area contributed by atoms with Gasteiger partial charge in [-0.25, -0.2) is 10.8 Å². The number of nitrogen functional groups attached to an aromatic ring is 1. The van der Waals surface area contributed by atoms with E-state index in [1.54, 1.807) is 12.1 Å². The Morgan fingerprint density at radius 1 is 1.27 bits per heavy atom. The van der Waals surface area contributed by atoms with Crippen LogP contribution in [0.25, 0.3) is 0 Å². The Hall–Kier alpha value is -2.31. The Morgan fingerprint density at radius 3 is 2.50 bits per heavy atom. The summed E-state index contributed by atoms with van der Waals surface area (Å²) in [6.45, 7) is 0. The van der Waals surface area contributed by atoms with Gasteiger partial charge in [0.05, 0.1) is 6.42 Å². The van der Waals surface area contributed by atoms with Crippen LogP contribution < -0.4 is 16.7 Å². The number of hydrogen-bond donors (Lipinski definition) is 3. The van der Waals surface area contributed by atoms with E-state index in [0.29, 0.717) is 4.47 Å². The third-order valence-electron chi connectivity index (χ3n) is 2.98. The normalized spacial score (nSPS) is 12.0. The molecule has 2 aromatic rings. The molecule has 0 spiro atoms. The lowest BCUT2D eigenvalue weighted by Gasteiger charge is -2.10. The van der Waals surface area contributed by atoms with Gasteiger partial charge < -0.3 is 0 Å². The molecule has 26 heavy (non-hydrogen) atoms. The van der Waals surface area contributed by atoms with Crippen LogP contribution >= 0.6 is 27.3 Å². The predicted octanol–water partition coefficient (Wildman–Crippen LogP) is 3.11. The number of hydrogen-bond acceptors (Lipinski definition) is 7. The van der Waals surface area contributed by atoms with Crippen molar-refractivity contribution in [3.05, 3.63) is 45.4 Å². The van der Waals surface area contributed by atoms with Gasteiger partial charge in [-0.2, -0.15) is 18.3 Å². The second-order valence-electron chi connectivity index (χ2n) is 4.79. The molecule has 0 aliphatic carbocycles. The molecule has 4 N–H and O–H groups in total. The molecule has 12 heteroatoms. The number of nitrogens with one attached hydrogen (secondary N) is 2. The Balaban J connectivity index is 2.15. The average molecular weight is 450 g/mol. The van der Waals surface area contributed by atoms with E-state index in [4.69, 9.17) is 5.84 Å². The van der Waals surface area contributed by atoms with Gasteiger partial charge in [0.25, 0.3) is 5.91 Å². The number of ketones is 1. The molecule has 1 amide bonds. The highest BCUT2D eigenvalue weighted by Gasteiger charge is 2.37. The SMILES string of the molecule is NNC(=O)c1csc(N/N=C(/CC(=O)c2ccc(Br)cc2)C(F)(F)F)n1. The van der Waals surface area contributed by atoms with Crippen LogP contribution in [0.4, 0.5) is 18.3 Å². The number of hydrazine groups is 1. The first-order valence-electron chi connectivity index (χ1n) is 6.85. The van der Waals surface area contributed by atoms with Crippen molar-refractivity contribution in [3.63, 3.8) is 0 Å². The summed E-state index contributed by atoms with van der Waals surface area (Å²) >= 11 is 4.04. The standard InChI is InChI=1S/C14H11BrF3N5O2S/c15-8-3-1-7(2-4-8)10(24)5-11(14(16,17)18)22-23-13-20-9(6-26-13)12(25)21-19/h1-4,6H,5,19H2,(H,20,23)(H,21,25)/b22-11-. The van der Waals surface area contributed by atoms with Gasteiger partial charge >= 0.3 is 6.18 Å². The van der Waals surface area contributed by atoms with Gasteiger partial charge in [-0.15, -0.1) is 11.3 Å². The number of Topliss-reactive ketones (excluding diaryl/α,β-unsaturated/α-hetero) is 1. The molecule has 1 aromatic heterocycles. The minimum atomic E-state index is -4.81. The molecular weight excluding hydrogens is 439 g/mol. The number of benzene rings is 1. The molecule has 0 radical (unpaired) electrons. The highest BCUT2D eigenvalue weighted by Crippen LogP contribution is 2.23. The number of halogens is 4. The average Bonchev–Trinajstić information content (AvgIpc) is 3.06. The number of alkyl halides is 3. The minimum Gasteiger partial charge on any atom is -0.294 e. The number of thiazole rings is 1. The van der Waals surface area contributed by atoms with Gasteiger partial charge in [0, 0.05) is 15.4 Å². The number of carbonyl (C=O) groups is 2. The fourth-order valence-electron chi connectivity index (χ4n) is 1.71. The van der Waals surface area contributed by atoms with Crippen LogP contribution in [0.1, 0.15) is 27.3 Å². The monoisotopic (exact) mass is 449 g/mol. The van der Waals surface area contributed by atoms with Crippen molar-refractivity contribution in [1.82, 2.24) is 10.4 Å². The number of carbonyl (C=O) groups excluding carboxylic acids is 2. The van der Waals surface area contributed by atoms with E-state index < -0.39 is 30.0 Å². The number of nitrogens with two attached hydrogens (primary N) is 1. The zero-order valence-electron chi connectivity index (χ0n) is 12.8. The maximum Gasteiger partial charge on any atom is 0.431 e. The van der Waals surface area contributed by atoms with Crippen LogP contribution in [0.5, 0.6) is 0 Å². The van der Waals surface area contributed by atoms with Crippen molar-refractivity contribution in [3.8, 4) is 0 Å². The van der Waals surface area contributed by atoms with Crippen LogP contribution in [0, 0.1) is 0 Å². The second kappa shape index (κ2) is 8.38. The van der Waals surface area contributed by atoms with E-state index >= 15 is 0 Å². The van der Waals surface area contributed by atoms with Gasteiger partial charge in [-0.05, 0) is 12.1 Å². The molecular formula is C14H11BrF3N5O2S. The molecule has 0 saturated heterocycles. The number of rotatable bonds is 6. The number of amides is 1. The van der Waals surface area contributed by atoms with Crippen LogP contribution in [0.15, 0.2) is 39.2 Å². The van der Waals surface area contributed by atoms with Crippen LogP contribution in [-0.2, 0) is 0 Å². The first kappa shape index (κ1) is 20.0. The summed E-state index contributed by atoms with van der Waals surface area (Å²) in [4.78, 5) is 27.1. The van der Waals surface area contributed by atoms with Crippen LogP contribution in [0.3, 0.4) is 0 Å². The van der Waals surface area contributed by atoms with Crippen molar-refractivity contribution >= 4 is 49.8 Å². The fraction of sp³-hybridized carbons (Fsp3) is 0.143. The molecule has 138 valence electrons. The summed E-state index contributed by atoms with van der Waals surface area (Å²) in [5.41, 5.74) is 2.69. The lowest BCUT2D eigenvalue weighted by molar-refractivity contribution is -0.0602. The van der Waals surface area contributed by atoms with E-state index in [0.717, 1.165) is 11.3 Å². The van der Waals surface area contributed by atoms with Gasteiger partial charge in [0.15, 0.2) is 5.78 Å². The van der Waals surface area contributed by atoms with E-state index in [2.05, 4.69) is 31.4 Å². The Labute approximate surface area is 157 Å². The molecule has 0 saturated carbocycles. The number of hydrazone groups is 1. The summed E-state index contributed by atoms with van der Waals surface area (Å²) < 4.78 is 40.1. The van der Waals surface area contributed by atoms with Gasteiger partial charge in [-0.1, -0.05) is 28.1 Å². The molecule has 0 unspecified atom stereocenters. The Bertz CT molecular complexity index is 836. The Morgan fingerprint density at radius 2 is 1.92 bits per heavy atom. The van der Waals surface area contributed by atoms with Gasteiger partial charge in [0.1, 0.15) is 11.4 Å². The molecule has 0 bridgehead atoms. The highest BCUT2D eigenvalue weighted by molar-refractivity contribution is 9.10. The number of nitrogens with zero attached hydrogens (tertiary/aromatic N) is 2. The first-order chi connectivity index (χ1) is 12.2.